The van der Waals surface area contributed by atoms with E-state index in [-0.39, 0.29) is 6.42 Å². The van der Waals surface area contributed by atoms with E-state index < -0.39 is 24.0 Å². The Morgan fingerprint density at radius 2 is 2.15 bits per heavy atom. The highest BCUT2D eigenvalue weighted by Gasteiger charge is 2.24. The molecule has 5 nitrogen and oxygen atoms in total. The molecule has 0 rings (SSSR count). The molecule has 0 aromatic rings. The van der Waals surface area contributed by atoms with Crippen LogP contribution >= 0.6 is 0 Å². The van der Waals surface area contributed by atoms with E-state index in [1.807, 2.05) is 0 Å². The molecule has 2 atom stereocenters. The molecule has 0 aliphatic rings. The van der Waals surface area contributed by atoms with Crippen LogP contribution in [0.2, 0.25) is 0 Å². The van der Waals surface area contributed by atoms with Crippen LogP contribution in [0, 0.1) is 0 Å². The summed E-state index contributed by atoms with van der Waals surface area (Å²) >= 11 is 0. The molecule has 1 amide bonds. The van der Waals surface area contributed by atoms with Gasteiger partial charge in [0.15, 0.2) is 6.04 Å². The molecule has 13 heavy (non-hydrogen) atoms. The maximum absolute atomic E-state index is 10.9. The Morgan fingerprint density at radius 3 is 2.46 bits per heavy atom. The molecule has 0 saturated carbocycles. The van der Waals surface area contributed by atoms with E-state index in [0.29, 0.717) is 0 Å². The van der Waals surface area contributed by atoms with Crippen LogP contribution in [0.1, 0.15) is 13.3 Å². The van der Waals surface area contributed by atoms with Gasteiger partial charge in [0.05, 0.1) is 6.10 Å². The first kappa shape index (κ1) is 11.6. The van der Waals surface area contributed by atoms with Gasteiger partial charge in [-0.05, 0) is 6.92 Å². The monoisotopic (exact) mass is 187 g/mol. The average Bonchev–Trinajstić information content (AvgIpc) is 1.99. The Kier molecular flexibility index (Phi) is 4.76. The maximum atomic E-state index is 10.9. The van der Waals surface area contributed by atoms with E-state index in [4.69, 9.17) is 10.2 Å². The number of amides is 1. The van der Waals surface area contributed by atoms with Crippen LogP contribution in [0.4, 0.5) is 0 Å². The number of nitrogens with one attached hydrogen (secondary N) is 1. The van der Waals surface area contributed by atoms with Crippen LogP contribution in [0.25, 0.3) is 0 Å². The Hall–Kier alpha value is -1.36. The number of carbonyl (C=O) groups excluding carboxylic acids is 1. The number of carboxylic acid groups (broad SMARTS) is 1. The predicted octanol–water partition coefficient (Wildman–Crippen LogP) is -0.487. The van der Waals surface area contributed by atoms with Gasteiger partial charge in [-0.2, -0.15) is 0 Å². The highest BCUT2D eigenvalue weighted by molar-refractivity contribution is 5.84. The van der Waals surface area contributed by atoms with Gasteiger partial charge in [0, 0.05) is 6.42 Å². The Bertz CT molecular complexity index is 212. The van der Waals surface area contributed by atoms with Crippen LogP contribution in [-0.4, -0.2) is 34.2 Å². The van der Waals surface area contributed by atoms with Gasteiger partial charge in [0.1, 0.15) is 0 Å². The summed E-state index contributed by atoms with van der Waals surface area (Å²) in [5.41, 5.74) is 0. The van der Waals surface area contributed by atoms with Crippen molar-refractivity contribution in [2.24, 2.45) is 0 Å². The maximum Gasteiger partial charge on any atom is 0.328 e. The van der Waals surface area contributed by atoms with Crippen molar-refractivity contribution in [3.05, 3.63) is 12.7 Å². The lowest BCUT2D eigenvalue weighted by Gasteiger charge is -2.16. The molecule has 74 valence electrons. The zero-order valence-electron chi connectivity index (χ0n) is 7.36. The SMILES string of the molecule is C=CCC(=O)NC(C(=O)O)C(C)O. The summed E-state index contributed by atoms with van der Waals surface area (Å²) in [7, 11) is 0. The topological polar surface area (TPSA) is 86.6 Å². The molecule has 3 N–H and O–H groups in total. The zero-order valence-corrected chi connectivity index (χ0v) is 7.36. The quantitative estimate of drug-likeness (QED) is 0.507. The lowest BCUT2D eigenvalue weighted by molar-refractivity contribution is -0.144. The summed E-state index contributed by atoms with van der Waals surface area (Å²) in [6.45, 7) is 4.63. The summed E-state index contributed by atoms with van der Waals surface area (Å²) in [5.74, 6) is -1.73. The number of hydrogen-bond acceptors (Lipinski definition) is 3. The van der Waals surface area contributed by atoms with E-state index in [1.165, 1.54) is 13.0 Å². The summed E-state index contributed by atoms with van der Waals surface area (Å²) in [6, 6.07) is -1.26. The lowest BCUT2D eigenvalue weighted by atomic mass is 10.2. The van der Waals surface area contributed by atoms with E-state index >= 15 is 0 Å². The minimum absolute atomic E-state index is 0.0382. The molecule has 0 aliphatic carbocycles. The molecule has 0 bridgehead atoms. The van der Waals surface area contributed by atoms with Gasteiger partial charge in [-0.3, -0.25) is 4.79 Å². The molecule has 0 heterocycles. The number of carbonyl (C=O) groups is 2. The van der Waals surface area contributed by atoms with E-state index in [1.54, 1.807) is 0 Å². The number of rotatable bonds is 5. The highest BCUT2D eigenvalue weighted by Crippen LogP contribution is 1.94. The number of aliphatic hydroxyl groups excluding tert-OH is 1. The lowest BCUT2D eigenvalue weighted by Crippen LogP contribution is -2.47. The Balaban J connectivity index is 4.18. The molecule has 0 spiro atoms. The van der Waals surface area contributed by atoms with Crippen LogP contribution in [0.5, 0.6) is 0 Å². The van der Waals surface area contributed by atoms with Crippen molar-refractivity contribution < 1.29 is 19.8 Å². The van der Waals surface area contributed by atoms with Gasteiger partial charge in [-0.15, -0.1) is 6.58 Å². The van der Waals surface area contributed by atoms with Crippen molar-refractivity contribution >= 4 is 11.9 Å². The van der Waals surface area contributed by atoms with Crippen molar-refractivity contribution in [1.82, 2.24) is 5.32 Å². The summed E-state index contributed by atoms with van der Waals surface area (Å²) in [6.07, 6.45) is 0.276. The smallest absolute Gasteiger partial charge is 0.328 e. The summed E-state index contributed by atoms with van der Waals surface area (Å²) in [5, 5.41) is 19.7. The van der Waals surface area contributed by atoms with Crippen LogP contribution < -0.4 is 5.32 Å². The Morgan fingerprint density at radius 1 is 1.62 bits per heavy atom. The van der Waals surface area contributed by atoms with Crippen molar-refractivity contribution in [3.8, 4) is 0 Å². The normalized spacial score (nSPS) is 14.3. The third-order valence-corrected chi connectivity index (χ3v) is 1.39. The molecule has 0 aliphatic heterocycles. The zero-order chi connectivity index (χ0) is 10.4. The number of carboxylic acids is 1. The first-order valence-corrected chi connectivity index (χ1v) is 3.80. The van der Waals surface area contributed by atoms with Crippen LogP contribution in [0.3, 0.4) is 0 Å². The summed E-state index contributed by atoms with van der Waals surface area (Å²) < 4.78 is 0. The standard InChI is InChI=1S/C8H13NO4/c1-3-4-6(11)9-7(5(2)10)8(12)13/h3,5,7,10H,1,4H2,2H3,(H,9,11)(H,12,13). The molecule has 2 unspecified atom stereocenters. The third kappa shape index (κ3) is 4.27. The van der Waals surface area contributed by atoms with Gasteiger partial charge in [-0.1, -0.05) is 6.08 Å². The number of aliphatic carboxylic acids is 1. The molecule has 5 heteroatoms. The van der Waals surface area contributed by atoms with Gasteiger partial charge in [0.2, 0.25) is 5.91 Å². The second-order valence-electron chi connectivity index (χ2n) is 2.62. The highest BCUT2D eigenvalue weighted by atomic mass is 16.4. The van der Waals surface area contributed by atoms with E-state index in [2.05, 4.69) is 11.9 Å². The third-order valence-electron chi connectivity index (χ3n) is 1.39. The number of hydrogen-bond donors (Lipinski definition) is 3. The fourth-order valence-corrected chi connectivity index (χ4v) is 0.752. The van der Waals surface area contributed by atoms with Crippen molar-refractivity contribution in [3.63, 3.8) is 0 Å². The number of aliphatic hydroxyl groups is 1. The molecule has 0 radical (unpaired) electrons. The van der Waals surface area contributed by atoms with Crippen LogP contribution in [0.15, 0.2) is 12.7 Å². The van der Waals surface area contributed by atoms with E-state index in [9.17, 15) is 9.59 Å². The van der Waals surface area contributed by atoms with Crippen molar-refractivity contribution in [2.75, 3.05) is 0 Å². The fraction of sp³-hybridized carbons (Fsp3) is 0.500. The first-order valence-electron chi connectivity index (χ1n) is 3.80. The minimum atomic E-state index is -1.26. The average molecular weight is 187 g/mol. The predicted molar refractivity (Wildman–Crippen MR) is 46.1 cm³/mol. The minimum Gasteiger partial charge on any atom is -0.480 e. The molecule has 0 fully saturated rings. The van der Waals surface area contributed by atoms with Gasteiger partial charge < -0.3 is 15.5 Å². The second kappa shape index (κ2) is 5.31. The first-order chi connectivity index (χ1) is 5.99. The summed E-state index contributed by atoms with van der Waals surface area (Å²) in [4.78, 5) is 21.4. The van der Waals surface area contributed by atoms with Gasteiger partial charge >= 0.3 is 5.97 Å². The molecular weight excluding hydrogens is 174 g/mol. The van der Waals surface area contributed by atoms with Crippen molar-refractivity contribution in [2.45, 2.75) is 25.5 Å². The molecule has 0 aromatic heterocycles. The largest absolute Gasteiger partial charge is 0.480 e. The fourth-order valence-electron chi connectivity index (χ4n) is 0.752. The van der Waals surface area contributed by atoms with Crippen LogP contribution in [-0.2, 0) is 9.59 Å². The Labute approximate surface area is 76.1 Å². The molecular formula is C8H13NO4. The van der Waals surface area contributed by atoms with Gasteiger partial charge in [0.25, 0.3) is 0 Å². The van der Waals surface area contributed by atoms with Gasteiger partial charge in [-0.25, -0.2) is 4.79 Å². The van der Waals surface area contributed by atoms with Crippen molar-refractivity contribution in [1.29, 1.82) is 0 Å². The molecule has 0 aromatic carbocycles. The van der Waals surface area contributed by atoms with E-state index in [0.717, 1.165) is 0 Å². The second-order valence-corrected chi connectivity index (χ2v) is 2.62. The molecule has 0 saturated heterocycles.